The highest BCUT2D eigenvalue weighted by Gasteiger charge is 2.23. The van der Waals surface area contributed by atoms with Crippen LogP contribution in [0.3, 0.4) is 0 Å². The van der Waals surface area contributed by atoms with E-state index < -0.39 is 0 Å². The first-order valence-corrected chi connectivity index (χ1v) is 25.5. The van der Waals surface area contributed by atoms with Gasteiger partial charge in [0.2, 0.25) is 0 Å². The number of benzene rings is 11. The number of aromatic nitrogens is 2. The van der Waals surface area contributed by atoms with Gasteiger partial charge in [-0.15, -0.1) is 22.7 Å². The maximum absolute atomic E-state index is 2.52. The lowest BCUT2D eigenvalue weighted by Gasteiger charge is -2.20. The summed E-state index contributed by atoms with van der Waals surface area (Å²) in [5.41, 5.74) is 16.5. The Morgan fingerprint density at radius 1 is 0.257 bits per heavy atom. The second kappa shape index (κ2) is 15.5. The van der Waals surface area contributed by atoms with Crippen LogP contribution in [0.2, 0.25) is 0 Å². The van der Waals surface area contributed by atoms with Crippen LogP contribution in [-0.4, -0.2) is 9.13 Å². The molecule has 2 nitrogen and oxygen atoms in total. The third kappa shape index (κ3) is 5.91. The van der Waals surface area contributed by atoms with Crippen LogP contribution >= 0.6 is 22.7 Å². The molecule has 4 heterocycles. The third-order valence-electron chi connectivity index (χ3n) is 14.5. The second-order valence-electron chi connectivity index (χ2n) is 18.4. The van der Waals surface area contributed by atoms with Gasteiger partial charge in [0.25, 0.3) is 0 Å². The zero-order chi connectivity index (χ0) is 45.9. The second-order valence-corrected chi connectivity index (χ2v) is 20.5. The summed E-state index contributed by atoms with van der Waals surface area (Å²) in [7, 11) is 0. The lowest BCUT2D eigenvalue weighted by atomic mass is 9.84. The van der Waals surface area contributed by atoms with Crippen LogP contribution in [0, 0.1) is 0 Å². The van der Waals surface area contributed by atoms with E-state index in [1.54, 1.807) is 0 Å². The molecule has 0 atom stereocenters. The summed E-state index contributed by atoms with van der Waals surface area (Å²) in [6, 6.07) is 90.0. The van der Waals surface area contributed by atoms with Crippen LogP contribution in [0.15, 0.2) is 243 Å². The first-order chi connectivity index (χ1) is 34.7. The van der Waals surface area contributed by atoms with Gasteiger partial charge in [0.05, 0.1) is 22.1 Å². The smallest absolute Gasteiger partial charge is 0.0555 e. The molecule has 0 aliphatic rings. The molecule has 0 saturated heterocycles. The molecule has 0 radical (unpaired) electrons. The maximum atomic E-state index is 2.52. The summed E-state index contributed by atoms with van der Waals surface area (Å²) in [5.74, 6) is 0. The summed E-state index contributed by atoms with van der Waals surface area (Å²) in [4.78, 5) is 0. The molecule has 0 unspecified atom stereocenters. The Morgan fingerprint density at radius 3 is 1.11 bits per heavy atom. The van der Waals surface area contributed by atoms with E-state index in [0.717, 1.165) is 22.5 Å². The van der Waals surface area contributed by atoms with E-state index in [1.165, 1.54) is 117 Å². The average molecular weight is 925 g/mol. The molecule has 0 bridgehead atoms. The minimum atomic E-state index is 1.11. The molecule has 0 saturated carbocycles. The van der Waals surface area contributed by atoms with Crippen LogP contribution in [0.1, 0.15) is 0 Å². The van der Waals surface area contributed by atoms with E-state index >= 15 is 0 Å². The lowest BCUT2D eigenvalue weighted by Crippen LogP contribution is -2.00. The minimum absolute atomic E-state index is 1.11. The SMILES string of the molecule is c1ccc(-c2cc(-c3cc(-n4c5ccccc5c5c6sc7ccccc7c6ccc54)cc(-n4c5ccccc5c5c6sc7ccccc7c6ccc54)c3)cc(-c3ccccc3)c2-c2ccccc2)cc1. The van der Waals surface area contributed by atoms with E-state index in [2.05, 4.69) is 252 Å². The molecule has 0 aliphatic heterocycles. The van der Waals surface area contributed by atoms with Crippen LogP contribution in [-0.2, 0) is 0 Å². The Bertz CT molecular complexity index is 4300. The van der Waals surface area contributed by atoms with Gasteiger partial charge in [0.15, 0.2) is 0 Å². The number of thiophene rings is 2. The number of fused-ring (bicyclic) bond motifs is 14. The average Bonchev–Trinajstić information content (AvgIpc) is 4.19. The van der Waals surface area contributed by atoms with Crippen molar-refractivity contribution < 1.29 is 0 Å². The number of para-hydroxylation sites is 2. The summed E-state index contributed by atoms with van der Waals surface area (Å²) in [6.07, 6.45) is 0. The van der Waals surface area contributed by atoms with Gasteiger partial charge >= 0.3 is 0 Å². The van der Waals surface area contributed by atoms with Crippen molar-refractivity contribution in [1.29, 1.82) is 0 Å². The summed E-state index contributed by atoms with van der Waals surface area (Å²) >= 11 is 3.81. The molecule has 0 amide bonds. The van der Waals surface area contributed by atoms with Gasteiger partial charge < -0.3 is 9.13 Å². The van der Waals surface area contributed by atoms with E-state index in [4.69, 9.17) is 0 Å². The molecule has 70 heavy (non-hydrogen) atoms. The Kier molecular flexibility index (Phi) is 8.73. The van der Waals surface area contributed by atoms with Crippen molar-refractivity contribution in [1.82, 2.24) is 9.13 Å². The molecule has 15 aromatic rings. The van der Waals surface area contributed by atoms with Crippen LogP contribution in [0.4, 0.5) is 0 Å². The van der Waals surface area contributed by atoms with Crippen molar-refractivity contribution in [2.24, 2.45) is 0 Å². The first kappa shape index (κ1) is 39.5. The first-order valence-electron chi connectivity index (χ1n) is 23.9. The molecule has 15 rings (SSSR count). The molecule has 326 valence electrons. The number of hydrogen-bond donors (Lipinski definition) is 0. The van der Waals surface area contributed by atoms with Crippen LogP contribution in [0.25, 0.3) is 140 Å². The van der Waals surface area contributed by atoms with Crippen LogP contribution in [0.5, 0.6) is 0 Å². The largest absolute Gasteiger partial charge is 0.309 e. The van der Waals surface area contributed by atoms with Gasteiger partial charge in [-0.1, -0.05) is 176 Å². The molecule has 0 aliphatic carbocycles. The Balaban J connectivity index is 1.08. The van der Waals surface area contributed by atoms with Gasteiger partial charge in [-0.05, 0) is 111 Å². The predicted molar refractivity (Wildman–Crippen MR) is 303 cm³/mol. The summed E-state index contributed by atoms with van der Waals surface area (Å²) in [5, 5.41) is 10.4. The molecule has 11 aromatic carbocycles. The molecule has 0 spiro atoms. The third-order valence-corrected chi connectivity index (χ3v) is 16.9. The zero-order valence-corrected chi connectivity index (χ0v) is 39.4. The molecule has 0 N–H and O–H groups in total. The van der Waals surface area contributed by atoms with Crippen molar-refractivity contribution in [3.05, 3.63) is 243 Å². The van der Waals surface area contributed by atoms with E-state index in [9.17, 15) is 0 Å². The van der Waals surface area contributed by atoms with Crippen molar-refractivity contribution in [2.75, 3.05) is 0 Å². The van der Waals surface area contributed by atoms with E-state index in [0.29, 0.717) is 0 Å². The normalized spacial score (nSPS) is 12.0. The Morgan fingerprint density at radius 2 is 0.643 bits per heavy atom. The topological polar surface area (TPSA) is 9.86 Å². The fourth-order valence-electron chi connectivity index (χ4n) is 11.5. The van der Waals surface area contributed by atoms with Gasteiger partial charge in [-0.25, -0.2) is 0 Å². The quantitative estimate of drug-likeness (QED) is 0.157. The summed E-state index contributed by atoms with van der Waals surface area (Å²) < 4.78 is 10.3. The fourth-order valence-corrected chi connectivity index (χ4v) is 14.0. The number of rotatable bonds is 6. The van der Waals surface area contributed by atoms with Crippen molar-refractivity contribution in [3.8, 4) is 55.9 Å². The van der Waals surface area contributed by atoms with Gasteiger partial charge in [0.1, 0.15) is 0 Å². The van der Waals surface area contributed by atoms with Crippen molar-refractivity contribution in [2.45, 2.75) is 0 Å². The monoisotopic (exact) mass is 924 g/mol. The van der Waals surface area contributed by atoms with Gasteiger partial charge in [0, 0.05) is 73.3 Å². The predicted octanol–water partition coefficient (Wildman–Crippen LogP) is 19.3. The number of hydrogen-bond acceptors (Lipinski definition) is 2. The van der Waals surface area contributed by atoms with Crippen molar-refractivity contribution in [3.63, 3.8) is 0 Å². The highest BCUT2D eigenvalue weighted by molar-refractivity contribution is 7.27. The standard InChI is InChI=1S/C66H40N2S2/c1-4-18-41(19-5-1)54-38-45(39-55(42-20-6-2-7-21-42)62(54)43-22-8-3-9-23-43)44-36-46(67-56-28-14-10-26-52(56)63-58(67)34-32-50-48-24-12-16-30-60(48)69-65(50)63)40-47(37-44)68-57-29-15-11-27-53(57)64-59(68)35-33-51-49-25-13-17-31-61(49)70-66(51)64/h1-40H. The summed E-state index contributed by atoms with van der Waals surface area (Å²) in [6.45, 7) is 0. The van der Waals surface area contributed by atoms with Gasteiger partial charge in [-0.3, -0.25) is 0 Å². The fraction of sp³-hybridized carbons (Fsp3) is 0. The van der Waals surface area contributed by atoms with Gasteiger partial charge in [-0.2, -0.15) is 0 Å². The molecule has 0 fully saturated rings. The Labute approximate surface area is 411 Å². The van der Waals surface area contributed by atoms with Crippen molar-refractivity contribution >= 4 is 107 Å². The zero-order valence-electron chi connectivity index (χ0n) is 37.8. The maximum Gasteiger partial charge on any atom is 0.0555 e. The van der Waals surface area contributed by atoms with E-state index in [1.807, 2.05) is 22.7 Å². The van der Waals surface area contributed by atoms with E-state index in [-0.39, 0.29) is 0 Å². The molecular weight excluding hydrogens is 885 g/mol. The Hall–Kier alpha value is -8.54. The minimum Gasteiger partial charge on any atom is -0.309 e. The number of nitrogens with zero attached hydrogens (tertiary/aromatic N) is 2. The lowest BCUT2D eigenvalue weighted by molar-refractivity contribution is 1.14. The van der Waals surface area contributed by atoms with Crippen LogP contribution < -0.4 is 0 Å². The molecular formula is C66H40N2S2. The molecule has 4 heteroatoms. The highest BCUT2D eigenvalue weighted by atomic mass is 32.1. The molecule has 4 aromatic heterocycles. The highest BCUT2D eigenvalue weighted by Crippen LogP contribution is 2.48.